The van der Waals surface area contributed by atoms with Crippen LogP contribution in [0.5, 0.6) is 0 Å². The molecule has 0 spiro atoms. The Morgan fingerprint density at radius 3 is 2.46 bits per heavy atom. The summed E-state index contributed by atoms with van der Waals surface area (Å²) in [6, 6.07) is 2.25. The van der Waals surface area contributed by atoms with Crippen LogP contribution in [0.1, 0.15) is 46.0 Å². The number of aliphatic hydroxyl groups excluding tert-OH is 1. The lowest BCUT2D eigenvalue weighted by atomic mass is 9.76. The van der Waals surface area contributed by atoms with E-state index >= 15 is 0 Å². The lowest BCUT2D eigenvalue weighted by Crippen LogP contribution is -2.35. The molecule has 0 aromatic rings. The number of hydrogen-bond donors (Lipinski definition) is 1. The van der Waals surface area contributed by atoms with Crippen LogP contribution >= 0.6 is 0 Å². The first-order valence-electron chi connectivity index (χ1n) is 5.23. The van der Waals surface area contributed by atoms with Gasteiger partial charge in [-0.05, 0) is 32.1 Å². The molecule has 13 heavy (non-hydrogen) atoms. The molecule has 0 aromatic heterocycles. The molecule has 1 saturated carbocycles. The minimum absolute atomic E-state index is 0.365. The molecule has 2 unspecified atom stereocenters. The van der Waals surface area contributed by atoms with Crippen LogP contribution < -0.4 is 0 Å². The maximum absolute atomic E-state index is 10.0. The second-order valence-corrected chi connectivity index (χ2v) is 4.37. The van der Waals surface area contributed by atoms with E-state index in [1.165, 1.54) is 12.8 Å². The molecule has 74 valence electrons. The molecule has 1 aliphatic carbocycles. The molecule has 1 rings (SSSR count). The Labute approximate surface area is 80.6 Å². The van der Waals surface area contributed by atoms with E-state index < -0.39 is 11.5 Å². The van der Waals surface area contributed by atoms with Crippen molar-refractivity contribution in [2.24, 2.45) is 11.3 Å². The molecule has 1 aliphatic rings. The van der Waals surface area contributed by atoms with Gasteiger partial charge in [0.05, 0.1) is 17.6 Å². The summed E-state index contributed by atoms with van der Waals surface area (Å²) in [5.41, 5.74) is -0.533. The Hall–Kier alpha value is -0.550. The topological polar surface area (TPSA) is 44.0 Å². The average molecular weight is 181 g/mol. The summed E-state index contributed by atoms with van der Waals surface area (Å²) in [6.45, 7) is 3.84. The maximum Gasteiger partial charge on any atom is 0.0804 e. The summed E-state index contributed by atoms with van der Waals surface area (Å²) < 4.78 is 0. The van der Waals surface area contributed by atoms with Crippen LogP contribution in [0.2, 0.25) is 0 Å². The monoisotopic (exact) mass is 181 g/mol. The van der Waals surface area contributed by atoms with Crippen LogP contribution in [0.15, 0.2) is 0 Å². The fraction of sp³-hybridized carbons (Fsp3) is 0.909. The molecule has 1 fully saturated rings. The molecule has 0 radical (unpaired) electrons. The predicted octanol–water partition coefficient (Wildman–Crippen LogP) is 2.48. The zero-order valence-corrected chi connectivity index (χ0v) is 8.58. The van der Waals surface area contributed by atoms with Crippen molar-refractivity contribution in [3.05, 3.63) is 0 Å². The van der Waals surface area contributed by atoms with E-state index in [2.05, 4.69) is 6.07 Å². The molecule has 0 heterocycles. The highest BCUT2D eigenvalue weighted by atomic mass is 16.3. The van der Waals surface area contributed by atoms with Crippen LogP contribution in [0.3, 0.4) is 0 Å². The molecular weight excluding hydrogens is 162 g/mol. The van der Waals surface area contributed by atoms with E-state index in [0.29, 0.717) is 5.92 Å². The molecule has 0 bridgehead atoms. The van der Waals surface area contributed by atoms with Gasteiger partial charge >= 0.3 is 0 Å². The van der Waals surface area contributed by atoms with E-state index in [9.17, 15) is 5.11 Å². The van der Waals surface area contributed by atoms with Crippen molar-refractivity contribution in [1.82, 2.24) is 0 Å². The van der Waals surface area contributed by atoms with Gasteiger partial charge in [-0.25, -0.2) is 0 Å². The van der Waals surface area contributed by atoms with E-state index in [-0.39, 0.29) is 0 Å². The zero-order chi connectivity index (χ0) is 9.90. The highest BCUT2D eigenvalue weighted by Crippen LogP contribution is 2.37. The smallest absolute Gasteiger partial charge is 0.0804 e. The fourth-order valence-electron chi connectivity index (χ4n) is 2.15. The van der Waals surface area contributed by atoms with Gasteiger partial charge in [0.1, 0.15) is 0 Å². The van der Waals surface area contributed by atoms with Gasteiger partial charge in [-0.1, -0.05) is 19.8 Å². The molecule has 0 saturated heterocycles. The molecule has 0 aliphatic heterocycles. The Kier molecular flexibility index (Phi) is 3.33. The average Bonchev–Trinajstić information content (AvgIpc) is 2.68. The summed E-state index contributed by atoms with van der Waals surface area (Å²) in [6.07, 6.45) is 4.93. The molecular formula is C11H19NO. The Balaban J connectivity index is 2.64. The highest BCUT2D eigenvalue weighted by molar-refractivity contribution is 5.02. The van der Waals surface area contributed by atoms with Gasteiger partial charge in [0.2, 0.25) is 0 Å². The number of aliphatic hydroxyl groups is 1. The van der Waals surface area contributed by atoms with Gasteiger partial charge < -0.3 is 5.11 Å². The first-order valence-corrected chi connectivity index (χ1v) is 5.23. The largest absolute Gasteiger partial charge is 0.391 e. The summed E-state index contributed by atoms with van der Waals surface area (Å²) in [5.74, 6) is 0.365. The van der Waals surface area contributed by atoms with E-state index in [4.69, 9.17) is 5.26 Å². The zero-order valence-electron chi connectivity index (χ0n) is 8.58. The van der Waals surface area contributed by atoms with Crippen LogP contribution in [0, 0.1) is 22.7 Å². The van der Waals surface area contributed by atoms with Crippen LogP contribution in [-0.4, -0.2) is 11.2 Å². The fourth-order valence-corrected chi connectivity index (χ4v) is 2.15. The van der Waals surface area contributed by atoms with Gasteiger partial charge in [0.15, 0.2) is 0 Å². The van der Waals surface area contributed by atoms with Crippen LogP contribution in [-0.2, 0) is 0 Å². The van der Waals surface area contributed by atoms with Crippen molar-refractivity contribution in [3.8, 4) is 6.07 Å². The lowest BCUT2D eigenvalue weighted by Gasteiger charge is -2.30. The molecule has 2 nitrogen and oxygen atoms in total. The lowest BCUT2D eigenvalue weighted by molar-refractivity contribution is 0.0224. The Bertz CT molecular complexity index is 203. The molecule has 2 atom stereocenters. The van der Waals surface area contributed by atoms with E-state index in [0.717, 1.165) is 19.3 Å². The van der Waals surface area contributed by atoms with Gasteiger partial charge in [-0.3, -0.25) is 0 Å². The number of nitrogens with zero attached hydrogens (tertiary/aromatic N) is 1. The summed E-state index contributed by atoms with van der Waals surface area (Å²) in [7, 11) is 0. The molecule has 1 N–H and O–H groups in total. The van der Waals surface area contributed by atoms with Crippen LogP contribution in [0.25, 0.3) is 0 Å². The van der Waals surface area contributed by atoms with Crippen LogP contribution in [0.4, 0.5) is 0 Å². The number of rotatable bonds is 3. The number of hydrogen-bond acceptors (Lipinski definition) is 2. The van der Waals surface area contributed by atoms with Crippen molar-refractivity contribution in [1.29, 1.82) is 5.26 Å². The van der Waals surface area contributed by atoms with Gasteiger partial charge in [-0.2, -0.15) is 5.26 Å². The minimum Gasteiger partial charge on any atom is -0.391 e. The van der Waals surface area contributed by atoms with E-state index in [1.807, 2.05) is 13.8 Å². The van der Waals surface area contributed by atoms with Gasteiger partial charge in [0.25, 0.3) is 0 Å². The minimum atomic E-state index is -0.533. The third kappa shape index (κ3) is 2.03. The normalized spacial score (nSPS) is 25.1. The molecule has 2 heteroatoms. The van der Waals surface area contributed by atoms with E-state index in [1.54, 1.807) is 0 Å². The van der Waals surface area contributed by atoms with Crippen molar-refractivity contribution < 1.29 is 5.11 Å². The summed E-state index contributed by atoms with van der Waals surface area (Å²) in [5, 5.41) is 19.1. The van der Waals surface area contributed by atoms with Gasteiger partial charge in [0, 0.05) is 0 Å². The molecule has 0 amide bonds. The second kappa shape index (κ2) is 4.11. The van der Waals surface area contributed by atoms with Crippen molar-refractivity contribution in [2.45, 2.75) is 52.1 Å². The third-order valence-corrected chi connectivity index (χ3v) is 3.49. The van der Waals surface area contributed by atoms with Gasteiger partial charge in [-0.15, -0.1) is 0 Å². The summed E-state index contributed by atoms with van der Waals surface area (Å²) >= 11 is 0. The summed E-state index contributed by atoms with van der Waals surface area (Å²) in [4.78, 5) is 0. The van der Waals surface area contributed by atoms with Crippen molar-refractivity contribution >= 4 is 0 Å². The molecule has 0 aromatic carbocycles. The third-order valence-electron chi connectivity index (χ3n) is 3.49. The Morgan fingerprint density at radius 2 is 2.08 bits per heavy atom. The van der Waals surface area contributed by atoms with Crippen molar-refractivity contribution in [2.75, 3.05) is 0 Å². The standard InChI is InChI=1S/C11H19NO/c1-3-11(2,8-12)10(13)9-6-4-5-7-9/h9-10,13H,3-7H2,1-2H3. The quantitative estimate of drug-likeness (QED) is 0.727. The SMILES string of the molecule is CCC(C)(C#N)C(O)C1CCCC1. The second-order valence-electron chi connectivity index (χ2n) is 4.37. The highest BCUT2D eigenvalue weighted by Gasteiger charge is 2.37. The first-order chi connectivity index (χ1) is 6.14. The maximum atomic E-state index is 10.0. The first kappa shape index (κ1) is 10.5. The predicted molar refractivity (Wildman–Crippen MR) is 52.0 cm³/mol. The number of nitriles is 1. The van der Waals surface area contributed by atoms with Crippen molar-refractivity contribution in [3.63, 3.8) is 0 Å². The Morgan fingerprint density at radius 1 is 1.54 bits per heavy atom.